The van der Waals surface area contributed by atoms with Crippen LogP contribution in [-0.4, -0.2) is 48.0 Å². The second-order valence-electron chi connectivity index (χ2n) is 4.14. The number of nitrogens with zero attached hydrogens (tertiary/aromatic N) is 1. The Morgan fingerprint density at radius 2 is 2.25 bits per heavy atom. The molecule has 0 unspecified atom stereocenters. The summed E-state index contributed by atoms with van der Waals surface area (Å²) in [6.45, 7) is 2.15. The van der Waals surface area contributed by atoms with E-state index < -0.39 is 9.84 Å². The molecule has 0 aromatic carbocycles. The first-order valence-corrected chi connectivity index (χ1v) is 8.78. The van der Waals surface area contributed by atoms with E-state index in [0.29, 0.717) is 12.2 Å². The molecule has 0 radical (unpaired) electrons. The van der Waals surface area contributed by atoms with Crippen LogP contribution in [0, 0.1) is 0 Å². The standard InChI is InChI=1S/C10H19NO2S3/c1-3-4-6-15-10(14)11(2)9-5-7-16(12,13)8-9/h9H,3-8H2,1-2H3/t9-/m0/s1. The quantitative estimate of drug-likeness (QED) is 0.581. The molecule has 3 nitrogen and oxygen atoms in total. The fourth-order valence-corrected chi connectivity index (χ4v) is 4.77. The van der Waals surface area contributed by atoms with Crippen LogP contribution in [0.25, 0.3) is 0 Å². The summed E-state index contributed by atoms with van der Waals surface area (Å²) in [6.07, 6.45) is 3.03. The van der Waals surface area contributed by atoms with Crippen molar-refractivity contribution in [1.82, 2.24) is 4.90 Å². The minimum absolute atomic E-state index is 0.0895. The predicted octanol–water partition coefficient (Wildman–Crippen LogP) is 1.92. The number of hydrogen-bond donors (Lipinski definition) is 0. The molecule has 1 rings (SSSR count). The van der Waals surface area contributed by atoms with Crippen molar-refractivity contribution in [2.75, 3.05) is 24.3 Å². The van der Waals surface area contributed by atoms with Gasteiger partial charge < -0.3 is 4.90 Å². The third-order valence-electron chi connectivity index (χ3n) is 2.77. The Balaban J connectivity index is 2.40. The summed E-state index contributed by atoms with van der Waals surface area (Å²) < 4.78 is 23.5. The topological polar surface area (TPSA) is 37.4 Å². The van der Waals surface area contributed by atoms with E-state index in [2.05, 4.69) is 6.92 Å². The highest BCUT2D eigenvalue weighted by Crippen LogP contribution is 2.20. The Morgan fingerprint density at radius 1 is 1.56 bits per heavy atom. The Labute approximate surface area is 108 Å². The van der Waals surface area contributed by atoms with Gasteiger partial charge in [-0.25, -0.2) is 8.42 Å². The van der Waals surface area contributed by atoms with Gasteiger partial charge in [-0.3, -0.25) is 0 Å². The predicted molar refractivity (Wildman–Crippen MR) is 74.8 cm³/mol. The molecule has 0 bridgehead atoms. The smallest absolute Gasteiger partial charge is 0.152 e. The second kappa shape index (κ2) is 6.21. The summed E-state index contributed by atoms with van der Waals surface area (Å²) in [6, 6.07) is 0.0895. The van der Waals surface area contributed by atoms with Gasteiger partial charge in [-0.1, -0.05) is 37.3 Å². The normalized spacial score (nSPS) is 23.2. The molecule has 0 amide bonds. The van der Waals surface area contributed by atoms with Crippen LogP contribution < -0.4 is 0 Å². The van der Waals surface area contributed by atoms with Crippen molar-refractivity contribution in [3.8, 4) is 0 Å². The first-order valence-electron chi connectivity index (χ1n) is 5.56. The second-order valence-corrected chi connectivity index (χ2v) is 8.09. The van der Waals surface area contributed by atoms with Gasteiger partial charge in [-0.2, -0.15) is 0 Å². The molecule has 0 spiro atoms. The molecule has 1 saturated heterocycles. The highest BCUT2D eigenvalue weighted by molar-refractivity contribution is 8.22. The van der Waals surface area contributed by atoms with Crippen LogP contribution in [0.15, 0.2) is 0 Å². The molecular weight excluding hydrogens is 262 g/mol. The number of unbranched alkanes of at least 4 members (excludes halogenated alkanes) is 1. The van der Waals surface area contributed by atoms with Crippen molar-refractivity contribution < 1.29 is 8.42 Å². The van der Waals surface area contributed by atoms with Crippen molar-refractivity contribution in [2.45, 2.75) is 32.2 Å². The van der Waals surface area contributed by atoms with Gasteiger partial charge in [0.25, 0.3) is 0 Å². The van der Waals surface area contributed by atoms with E-state index in [1.54, 1.807) is 11.8 Å². The molecular formula is C10H19NO2S3. The lowest BCUT2D eigenvalue weighted by molar-refractivity contribution is 0.409. The Bertz CT molecular complexity index is 340. The lowest BCUT2D eigenvalue weighted by Gasteiger charge is -2.25. The number of thiocarbonyl (C=S) groups is 1. The van der Waals surface area contributed by atoms with Gasteiger partial charge in [-0.15, -0.1) is 0 Å². The van der Waals surface area contributed by atoms with Crippen molar-refractivity contribution in [2.24, 2.45) is 0 Å². The van der Waals surface area contributed by atoms with Crippen molar-refractivity contribution >= 4 is 38.1 Å². The van der Waals surface area contributed by atoms with Gasteiger partial charge >= 0.3 is 0 Å². The maximum Gasteiger partial charge on any atom is 0.152 e. The molecule has 1 heterocycles. The average molecular weight is 281 g/mol. The number of hydrogen-bond acceptors (Lipinski definition) is 4. The van der Waals surface area contributed by atoms with E-state index in [1.807, 2.05) is 11.9 Å². The fraction of sp³-hybridized carbons (Fsp3) is 0.900. The van der Waals surface area contributed by atoms with Gasteiger partial charge in [0.1, 0.15) is 4.32 Å². The highest BCUT2D eigenvalue weighted by Gasteiger charge is 2.31. The van der Waals surface area contributed by atoms with Crippen LogP contribution in [-0.2, 0) is 9.84 Å². The zero-order valence-corrected chi connectivity index (χ0v) is 12.3. The molecule has 0 aromatic heterocycles. The fourth-order valence-electron chi connectivity index (χ4n) is 1.64. The zero-order chi connectivity index (χ0) is 12.2. The van der Waals surface area contributed by atoms with Crippen LogP contribution in [0.3, 0.4) is 0 Å². The molecule has 1 aliphatic heterocycles. The van der Waals surface area contributed by atoms with E-state index >= 15 is 0 Å². The van der Waals surface area contributed by atoms with Gasteiger partial charge in [-0.05, 0) is 12.8 Å². The van der Waals surface area contributed by atoms with E-state index in [9.17, 15) is 8.42 Å². The third-order valence-corrected chi connectivity index (χ3v) is 6.19. The van der Waals surface area contributed by atoms with Gasteiger partial charge in [0, 0.05) is 18.8 Å². The largest absolute Gasteiger partial charge is 0.357 e. The van der Waals surface area contributed by atoms with Crippen molar-refractivity contribution in [1.29, 1.82) is 0 Å². The zero-order valence-electron chi connectivity index (χ0n) is 9.81. The number of rotatable bonds is 4. The Hall–Kier alpha value is 0.190. The van der Waals surface area contributed by atoms with E-state index in [1.165, 1.54) is 0 Å². The Morgan fingerprint density at radius 3 is 2.75 bits per heavy atom. The third kappa shape index (κ3) is 4.22. The Kier molecular flexibility index (Phi) is 5.53. The van der Waals surface area contributed by atoms with E-state index in [0.717, 1.165) is 22.9 Å². The van der Waals surface area contributed by atoms with E-state index in [-0.39, 0.29) is 11.8 Å². The lowest BCUT2D eigenvalue weighted by atomic mass is 10.2. The highest BCUT2D eigenvalue weighted by atomic mass is 32.2. The van der Waals surface area contributed by atoms with Crippen LogP contribution in [0.4, 0.5) is 0 Å². The molecule has 1 atom stereocenters. The van der Waals surface area contributed by atoms with Gasteiger partial charge in [0.05, 0.1) is 11.5 Å². The first-order chi connectivity index (χ1) is 7.46. The maximum absolute atomic E-state index is 11.4. The maximum atomic E-state index is 11.4. The minimum atomic E-state index is -2.81. The molecule has 0 aromatic rings. The summed E-state index contributed by atoms with van der Waals surface area (Å²) in [5.74, 6) is 1.60. The molecule has 1 fully saturated rings. The summed E-state index contributed by atoms with van der Waals surface area (Å²) >= 11 is 6.95. The summed E-state index contributed by atoms with van der Waals surface area (Å²) in [5, 5.41) is 0. The van der Waals surface area contributed by atoms with Crippen molar-refractivity contribution in [3.63, 3.8) is 0 Å². The number of sulfone groups is 1. The summed E-state index contributed by atoms with van der Waals surface area (Å²) in [7, 11) is -0.900. The van der Waals surface area contributed by atoms with Crippen molar-refractivity contribution in [3.05, 3.63) is 0 Å². The molecule has 0 saturated carbocycles. The molecule has 0 N–H and O–H groups in total. The van der Waals surface area contributed by atoms with Crippen LogP contribution in [0.1, 0.15) is 26.2 Å². The summed E-state index contributed by atoms with van der Waals surface area (Å²) in [4.78, 5) is 1.96. The molecule has 1 aliphatic rings. The monoisotopic (exact) mass is 281 g/mol. The molecule has 16 heavy (non-hydrogen) atoms. The van der Waals surface area contributed by atoms with Gasteiger partial charge in [0.2, 0.25) is 0 Å². The lowest BCUT2D eigenvalue weighted by Crippen LogP contribution is -2.35. The summed E-state index contributed by atoms with van der Waals surface area (Å²) in [5.41, 5.74) is 0. The van der Waals surface area contributed by atoms with Crippen LogP contribution in [0.2, 0.25) is 0 Å². The van der Waals surface area contributed by atoms with Crippen LogP contribution in [0.5, 0.6) is 0 Å². The number of thioether (sulfide) groups is 1. The SMILES string of the molecule is CCCCSC(=S)N(C)[C@H]1CCS(=O)(=O)C1. The van der Waals surface area contributed by atoms with E-state index in [4.69, 9.17) is 12.2 Å². The minimum Gasteiger partial charge on any atom is -0.357 e. The van der Waals surface area contributed by atoms with Crippen LogP contribution >= 0.6 is 24.0 Å². The molecule has 6 heteroatoms. The van der Waals surface area contributed by atoms with Gasteiger partial charge in [0.15, 0.2) is 9.84 Å². The molecule has 0 aliphatic carbocycles. The average Bonchev–Trinajstić information content (AvgIpc) is 2.58. The molecule has 94 valence electrons. The first kappa shape index (κ1) is 14.3.